The number of hydrogen-bond acceptors (Lipinski definition) is 7. The molecular weight excluding hydrogens is 354 g/mol. The molecule has 3 heterocycles. The van der Waals surface area contributed by atoms with Crippen LogP contribution in [0.1, 0.15) is 20.7 Å². The Hall–Kier alpha value is -3.82. The van der Waals surface area contributed by atoms with E-state index in [2.05, 4.69) is 10.1 Å². The number of nitrogens with zero attached hydrogens (tertiary/aromatic N) is 5. The number of ether oxygens (including phenoxy) is 1. The van der Waals surface area contributed by atoms with Crippen molar-refractivity contribution >= 4 is 28.8 Å². The van der Waals surface area contributed by atoms with Gasteiger partial charge in [0.25, 0.3) is 17.4 Å². The van der Waals surface area contributed by atoms with Crippen molar-refractivity contribution in [2.75, 3.05) is 6.73 Å². The molecule has 0 saturated heterocycles. The van der Waals surface area contributed by atoms with Crippen LogP contribution in [0.2, 0.25) is 0 Å². The number of esters is 1. The van der Waals surface area contributed by atoms with Gasteiger partial charge in [0, 0.05) is 7.05 Å². The van der Waals surface area contributed by atoms with E-state index in [0.29, 0.717) is 5.65 Å². The second-order valence-electron chi connectivity index (χ2n) is 5.91. The van der Waals surface area contributed by atoms with Gasteiger partial charge < -0.3 is 4.74 Å². The third kappa shape index (κ3) is 2.67. The quantitative estimate of drug-likeness (QED) is 0.468. The molecule has 0 unspecified atom stereocenters. The van der Waals surface area contributed by atoms with Crippen LogP contribution in [0.5, 0.6) is 0 Å². The first-order valence-electron chi connectivity index (χ1n) is 7.95. The normalized spacial score (nSPS) is 13.3. The van der Waals surface area contributed by atoms with Crippen LogP contribution in [0.25, 0.3) is 11.0 Å². The lowest BCUT2D eigenvalue weighted by atomic mass is 10.1. The van der Waals surface area contributed by atoms with Crippen molar-refractivity contribution in [3.63, 3.8) is 0 Å². The highest BCUT2D eigenvalue weighted by Gasteiger charge is 2.35. The predicted octanol–water partition coefficient (Wildman–Crippen LogP) is -0.0731. The van der Waals surface area contributed by atoms with Crippen LogP contribution >= 0.6 is 0 Å². The van der Waals surface area contributed by atoms with Gasteiger partial charge >= 0.3 is 5.97 Å². The van der Waals surface area contributed by atoms with E-state index >= 15 is 0 Å². The molecule has 0 fully saturated rings. The minimum absolute atomic E-state index is 0.265. The van der Waals surface area contributed by atoms with Crippen molar-refractivity contribution in [3.05, 3.63) is 58.3 Å². The number of carbonyl (C=O) groups is 3. The van der Waals surface area contributed by atoms with Crippen molar-refractivity contribution in [1.29, 1.82) is 0 Å². The SMILES string of the molecule is Cn1ncc2c(=O)n(CC(=O)OCN3C(=O)c4ccccc4C3=O)cnc21. The Morgan fingerprint density at radius 2 is 1.78 bits per heavy atom. The molecule has 0 N–H and O–H groups in total. The second-order valence-corrected chi connectivity index (χ2v) is 5.91. The number of hydrogen-bond donors (Lipinski definition) is 0. The van der Waals surface area contributed by atoms with Gasteiger partial charge in [-0.1, -0.05) is 12.1 Å². The zero-order valence-electron chi connectivity index (χ0n) is 14.2. The van der Waals surface area contributed by atoms with Crippen molar-refractivity contribution in [3.8, 4) is 0 Å². The maximum Gasteiger partial charge on any atom is 0.327 e. The molecule has 2 amide bonds. The predicted molar refractivity (Wildman–Crippen MR) is 90.7 cm³/mol. The molecule has 0 aliphatic carbocycles. The monoisotopic (exact) mass is 367 g/mol. The number of benzene rings is 1. The summed E-state index contributed by atoms with van der Waals surface area (Å²) in [6.45, 7) is -0.928. The standard InChI is InChI=1S/C17H13N5O5/c1-20-14-12(6-19-20)15(24)21(8-18-14)7-13(23)27-9-22-16(25)10-4-2-3-5-11(10)17(22)26/h2-6,8H,7,9H2,1H3. The number of imide groups is 1. The summed E-state index contributed by atoms with van der Waals surface area (Å²) in [6, 6.07) is 6.36. The summed E-state index contributed by atoms with van der Waals surface area (Å²) < 4.78 is 7.54. The summed E-state index contributed by atoms with van der Waals surface area (Å²) in [5.74, 6) is -1.84. The first-order valence-corrected chi connectivity index (χ1v) is 7.95. The average molecular weight is 367 g/mol. The molecule has 2 aromatic heterocycles. The van der Waals surface area contributed by atoms with Gasteiger partial charge in [-0.25, -0.2) is 9.88 Å². The van der Waals surface area contributed by atoms with Crippen LogP contribution in [0.15, 0.2) is 41.6 Å². The zero-order valence-corrected chi connectivity index (χ0v) is 14.2. The van der Waals surface area contributed by atoms with Gasteiger partial charge in [0.15, 0.2) is 12.4 Å². The van der Waals surface area contributed by atoms with E-state index in [1.165, 1.54) is 29.3 Å². The zero-order chi connectivity index (χ0) is 19.1. The van der Waals surface area contributed by atoms with Crippen molar-refractivity contribution in [1.82, 2.24) is 24.2 Å². The maximum atomic E-state index is 12.3. The smallest absolute Gasteiger partial charge is 0.327 e. The van der Waals surface area contributed by atoms with Crippen molar-refractivity contribution < 1.29 is 19.1 Å². The Kier molecular flexibility index (Phi) is 3.80. The molecule has 1 aliphatic heterocycles. The van der Waals surface area contributed by atoms with Gasteiger partial charge in [-0.2, -0.15) is 5.10 Å². The first kappa shape index (κ1) is 16.6. The summed E-state index contributed by atoms with van der Waals surface area (Å²) in [5, 5.41) is 4.22. The molecule has 1 aliphatic rings. The lowest BCUT2D eigenvalue weighted by molar-refractivity contribution is -0.147. The third-order valence-corrected chi connectivity index (χ3v) is 4.25. The highest BCUT2D eigenvalue weighted by molar-refractivity contribution is 6.21. The van der Waals surface area contributed by atoms with E-state index in [0.717, 1.165) is 9.47 Å². The molecule has 0 atom stereocenters. The van der Waals surface area contributed by atoms with Gasteiger partial charge in [0.05, 0.1) is 17.3 Å². The maximum absolute atomic E-state index is 12.3. The fourth-order valence-corrected chi connectivity index (χ4v) is 2.86. The van der Waals surface area contributed by atoms with Crippen LogP contribution < -0.4 is 5.56 Å². The number of aryl methyl sites for hydroxylation is 1. The van der Waals surface area contributed by atoms with Crippen LogP contribution in [0.4, 0.5) is 0 Å². The molecule has 0 radical (unpaired) electrons. The Morgan fingerprint density at radius 3 is 2.44 bits per heavy atom. The summed E-state index contributed by atoms with van der Waals surface area (Å²) >= 11 is 0. The van der Waals surface area contributed by atoms with E-state index < -0.39 is 36.6 Å². The van der Waals surface area contributed by atoms with Crippen molar-refractivity contribution in [2.24, 2.45) is 7.05 Å². The molecule has 10 heteroatoms. The Morgan fingerprint density at radius 1 is 1.11 bits per heavy atom. The highest BCUT2D eigenvalue weighted by atomic mass is 16.5. The average Bonchev–Trinajstić information content (AvgIpc) is 3.15. The molecule has 1 aromatic carbocycles. The van der Waals surface area contributed by atoms with E-state index in [1.807, 2.05) is 0 Å². The molecule has 3 aromatic rings. The van der Waals surface area contributed by atoms with Crippen LogP contribution in [-0.4, -0.2) is 48.7 Å². The van der Waals surface area contributed by atoms with Gasteiger partial charge in [-0.15, -0.1) is 0 Å². The molecule has 27 heavy (non-hydrogen) atoms. The number of carbonyl (C=O) groups excluding carboxylic acids is 3. The first-order chi connectivity index (χ1) is 13.0. The molecule has 10 nitrogen and oxygen atoms in total. The Labute approximate surface area is 151 Å². The lowest BCUT2D eigenvalue weighted by Crippen LogP contribution is -2.34. The Balaban J connectivity index is 1.45. The van der Waals surface area contributed by atoms with Gasteiger partial charge in [0.1, 0.15) is 18.3 Å². The fraction of sp³-hybridized carbons (Fsp3) is 0.176. The van der Waals surface area contributed by atoms with Gasteiger partial charge in [-0.3, -0.25) is 28.4 Å². The minimum Gasteiger partial charge on any atom is -0.442 e. The van der Waals surface area contributed by atoms with Crippen LogP contribution in [0, 0.1) is 0 Å². The lowest BCUT2D eigenvalue weighted by Gasteiger charge is -2.14. The van der Waals surface area contributed by atoms with Crippen LogP contribution in [-0.2, 0) is 23.1 Å². The number of aromatic nitrogens is 4. The molecular formula is C17H13N5O5. The largest absolute Gasteiger partial charge is 0.442 e. The number of amides is 2. The van der Waals surface area contributed by atoms with Gasteiger partial charge in [0.2, 0.25) is 0 Å². The molecule has 4 rings (SSSR count). The minimum atomic E-state index is -0.779. The summed E-state index contributed by atoms with van der Waals surface area (Å²) in [4.78, 5) is 53.8. The summed E-state index contributed by atoms with van der Waals surface area (Å²) in [5.41, 5.74) is 0.489. The topological polar surface area (TPSA) is 116 Å². The molecule has 0 bridgehead atoms. The van der Waals surface area contributed by atoms with E-state index in [4.69, 9.17) is 4.74 Å². The van der Waals surface area contributed by atoms with E-state index in [-0.39, 0.29) is 16.5 Å². The van der Waals surface area contributed by atoms with Gasteiger partial charge in [-0.05, 0) is 12.1 Å². The number of rotatable bonds is 4. The number of fused-ring (bicyclic) bond motifs is 2. The molecule has 136 valence electrons. The van der Waals surface area contributed by atoms with E-state index in [9.17, 15) is 19.2 Å². The molecule has 0 spiro atoms. The highest BCUT2D eigenvalue weighted by Crippen LogP contribution is 2.22. The third-order valence-electron chi connectivity index (χ3n) is 4.25. The molecule has 0 saturated carbocycles. The second kappa shape index (κ2) is 6.16. The Bertz CT molecular complexity index is 1130. The van der Waals surface area contributed by atoms with Crippen molar-refractivity contribution in [2.45, 2.75) is 6.54 Å². The fourth-order valence-electron chi connectivity index (χ4n) is 2.86. The van der Waals surface area contributed by atoms with Crippen LogP contribution in [0.3, 0.4) is 0 Å². The summed E-state index contributed by atoms with van der Waals surface area (Å²) in [7, 11) is 1.65. The summed E-state index contributed by atoms with van der Waals surface area (Å²) in [6.07, 6.45) is 2.58. The van der Waals surface area contributed by atoms with E-state index in [1.54, 1.807) is 19.2 Å².